The zero-order valence-electron chi connectivity index (χ0n) is 11.7. The summed E-state index contributed by atoms with van der Waals surface area (Å²) in [5.41, 5.74) is 0.441. The molecule has 4 heteroatoms. The van der Waals surface area contributed by atoms with Gasteiger partial charge in [0.15, 0.2) is 0 Å². The van der Waals surface area contributed by atoms with Crippen molar-refractivity contribution in [3.63, 3.8) is 0 Å². The highest BCUT2D eigenvalue weighted by atomic mass is 79.9. The van der Waals surface area contributed by atoms with E-state index < -0.39 is 0 Å². The summed E-state index contributed by atoms with van der Waals surface area (Å²) in [4.78, 5) is 0. The minimum Gasteiger partial charge on any atom is -0.405 e. The fourth-order valence-electron chi connectivity index (χ4n) is 4.48. The van der Waals surface area contributed by atoms with Crippen molar-refractivity contribution in [1.29, 1.82) is 0 Å². The van der Waals surface area contributed by atoms with E-state index >= 15 is 0 Å². The Morgan fingerprint density at radius 2 is 2.00 bits per heavy atom. The van der Waals surface area contributed by atoms with E-state index in [1.54, 1.807) is 0 Å². The first-order valence-corrected chi connectivity index (χ1v) is 8.50. The lowest BCUT2D eigenvalue weighted by Gasteiger charge is -2.64. The predicted molar refractivity (Wildman–Crippen MR) is 77.9 cm³/mol. The highest BCUT2D eigenvalue weighted by molar-refractivity contribution is 9.09. The van der Waals surface area contributed by atoms with Gasteiger partial charge in [0.05, 0.1) is 11.7 Å². The minimum absolute atomic E-state index is 0.0165. The Morgan fingerprint density at radius 1 is 1.22 bits per heavy atom. The molecule has 0 aromatic heterocycles. The van der Waals surface area contributed by atoms with Crippen LogP contribution in [0.4, 0.5) is 0 Å². The number of rotatable bonds is 4. The number of hydrogen-bond donors (Lipinski definition) is 0. The van der Waals surface area contributed by atoms with Gasteiger partial charge < -0.3 is 9.31 Å². The third-order valence-corrected chi connectivity index (χ3v) is 6.39. The van der Waals surface area contributed by atoms with Gasteiger partial charge in [0.2, 0.25) is 0 Å². The molecule has 18 heavy (non-hydrogen) atoms. The van der Waals surface area contributed by atoms with Crippen LogP contribution in [0.3, 0.4) is 0 Å². The first kappa shape index (κ1) is 13.4. The van der Waals surface area contributed by atoms with Crippen molar-refractivity contribution in [2.24, 2.45) is 17.3 Å². The van der Waals surface area contributed by atoms with Gasteiger partial charge in [-0.2, -0.15) is 0 Å². The maximum atomic E-state index is 6.35. The topological polar surface area (TPSA) is 18.5 Å². The monoisotopic (exact) mass is 314 g/mol. The van der Waals surface area contributed by atoms with Gasteiger partial charge in [-0.25, -0.2) is 0 Å². The standard InChI is InChI=1S/C14H24BBrO2/c1-13(2)10-8-11(13)14(3)12(9-10)17-15(18-14)6-4-5-7-16/h10-12H,4-9H2,1-3H3/t10-,11-,12-,14-/m0/s1. The minimum atomic E-state index is -0.0165. The molecule has 1 heterocycles. The highest BCUT2D eigenvalue weighted by Gasteiger charge is 2.67. The van der Waals surface area contributed by atoms with Gasteiger partial charge >= 0.3 is 7.12 Å². The normalized spacial score (nSPS) is 44.7. The van der Waals surface area contributed by atoms with Gasteiger partial charge in [0.25, 0.3) is 0 Å². The second-order valence-corrected chi connectivity index (χ2v) is 7.88. The summed E-state index contributed by atoms with van der Waals surface area (Å²) in [5.74, 6) is 1.54. The molecular formula is C14H24BBrO2. The third-order valence-electron chi connectivity index (χ3n) is 5.83. The fraction of sp³-hybridized carbons (Fsp3) is 1.00. The second kappa shape index (κ2) is 4.49. The number of alkyl halides is 1. The molecule has 4 rings (SSSR count). The summed E-state index contributed by atoms with van der Waals surface area (Å²) < 4.78 is 12.5. The van der Waals surface area contributed by atoms with E-state index in [2.05, 4.69) is 36.7 Å². The molecule has 1 aliphatic heterocycles. The summed E-state index contributed by atoms with van der Waals surface area (Å²) in [6.07, 6.45) is 6.35. The number of halogens is 1. The van der Waals surface area contributed by atoms with Crippen LogP contribution in [0, 0.1) is 17.3 Å². The molecule has 0 unspecified atom stereocenters. The van der Waals surface area contributed by atoms with Crippen LogP contribution in [0.15, 0.2) is 0 Å². The van der Waals surface area contributed by atoms with Crippen molar-refractivity contribution < 1.29 is 9.31 Å². The maximum absolute atomic E-state index is 6.35. The van der Waals surface area contributed by atoms with Crippen LogP contribution >= 0.6 is 15.9 Å². The van der Waals surface area contributed by atoms with E-state index in [1.807, 2.05) is 0 Å². The lowest BCUT2D eigenvalue weighted by molar-refractivity contribution is -0.199. The summed E-state index contributed by atoms with van der Waals surface area (Å²) in [5, 5.41) is 1.08. The van der Waals surface area contributed by atoms with Crippen LogP contribution in [0.1, 0.15) is 46.5 Å². The lowest BCUT2D eigenvalue weighted by Crippen LogP contribution is -2.65. The van der Waals surface area contributed by atoms with Crippen LogP contribution in [0.2, 0.25) is 6.32 Å². The van der Waals surface area contributed by atoms with Gasteiger partial charge in [0.1, 0.15) is 0 Å². The lowest BCUT2D eigenvalue weighted by atomic mass is 9.43. The van der Waals surface area contributed by atoms with Crippen molar-refractivity contribution >= 4 is 23.0 Å². The van der Waals surface area contributed by atoms with Crippen molar-refractivity contribution in [3.8, 4) is 0 Å². The average Bonchev–Trinajstić information content (AvgIpc) is 2.64. The molecule has 0 amide bonds. The van der Waals surface area contributed by atoms with Crippen molar-refractivity contribution in [1.82, 2.24) is 0 Å². The van der Waals surface area contributed by atoms with Gasteiger partial charge in [0, 0.05) is 5.33 Å². The van der Waals surface area contributed by atoms with E-state index in [0.29, 0.717) is 17.4 Å². The average molecular weight is 315 g/mol. The molecule has 0 N–H and O–H groups in total. The molecule has 3 saturated carbocycles. The first-order chi connectivity index (χ1) is 8.48. The smallest absolute Gasteiger partial charge is 0.405 e. The van der Waals surface area contributed by atoms with Crippen molar-refractivity contribution in [2.75, 3.05) is 5.33 Å². The van der Waals surface area contributed by atoms with E-state index in [9.17, 15) is 0 Å². The van der Waals surface area contributed by atoms with E-state index in [4.69, 9.17) is 9.31 Å². The van der Waals surface area contributed by atoms with Crippen molar-refractivity contribution in [2.45, 2.75) is 64.5 Å². The predicted octanol–water partition coefficient (Wildman–Crippen LogP) is 3.89. The highest BCUT2D eigenvalue weighted by Crippen LogP contribution is 2.65. The molecule has 4 atom stereocenters. The Hall–Kier alpha value is 0.465. The molecule has 0 radical (unpaired) electrons. The van der Waals surface area contributed by atoms with Crippen LogP contribution < -0.4 is 0 Å². The molecule has 1 saturated heterocycles. The maximum Gasteiger partial charge on any atom is 0.457 e. The zero-order chi connectivity index (χ0) is 13.0. The van der Waals surface area contributed by atoms with E-state index in [0.717, 1.165) is 17.6 Å². The second-order valence-electron chi connectivity index (χ2n) is 7.08. The SMILES string of the molecule is CC1(C)[C@@H]2C[C@@H]3OB(CCCCBr)O[C@@]3(C)[C@H]1C2. The van der Waals surface area contributed by atoms with Crippen LogP contribution in [-0.4, -0.2) is 24.2 Å². The molecule has 3 aliphatic carbocycles. The molecule has 0 spiro atoms. The van der Waals surface area contributed by atoms with Gasteiger partial charge in [-0.3, -0.25) is 0 Å². The third kappa shape index (κ3) is 1.82. The largest absolute Gasteiger partial charge is 0.457 e. The Labute approximate surface area is 119 Å². The van der Waals surface area contributed by atoms with Gasteiger partial charge in [-0.05, 0) is 49.8 Å². The summed E-state index contributed by atoms with van der Waals surface area (Å²) in [6, 6.07) is 0. The molecule has 0 aromatic rings. The molecule has 2 bridgehead atoms. The van der Waals surface area contributed by atoms with E-state index in [-0.39, 0.29) is 12.7 Å². The van der Waals surface area contributed by atoms with Gasteiger partial charge in [-0.15, -0.1) is 0 Å². The van der Waals surface area contributed by atoms with Crippen LogP contribution in [-0.2, 0) is 9.31 Å². The molecule has 4 aliphatic rings. The summed E-state index contributed by atoms with van der Waals surface area (Å²) in [6.45, 7) is 7.12. The Kier molecular flexibility index (Phi) is 3.36. The van der Waals surface area contributed by atoms with E-state index in [1.165, 1.54) is 25.7 Å². The van der Waals surface area contributed by atoms with Crippen molar-refractivity contribution in [3.05, 3.63) is 0 Å². The molecule has 2 nitrogen and oxygen atoms in total. The quantitative estimate of drug-likeness (QED) is 0.445. The zero-order valence-corrected chi connectivity index (χ0v) is 13.3. The Morgan fingerprint density at radius 3 is 2.67 bits per heavy atom. The van der Waals surface area contributed by atoms with Crippen LogP contribution in [0.5, 0.6) is 0 Å². The number of unbranched alkanes of at least 4 members (excludes halogenated alkanes) is 1. The Balaban J connectivity index is 1.65. The molecular weight excluding hydrogens is 291 g/mol. The first-order valence-electron chi connectivity index (χ1n) is 7.37. The fourth-order valence-corrected chi connectivity index (χ4v) is 4.88. The molecule has 0 aromatic carbocycles. The Bertz CT molecular complexity index is 336. The summed E-state index contributed by atoms with van der Waals surface area (Å²) in [7, 11) is 0.0502. The number of hydrogen-bond acceptors (Lipinski definition) is 2. The van der Waals surface area contributed by atoms with Gasteiger partial charge in [-0.1, -0.05) is 36.2 Å². The molecule has 4 fully saturated rings. The summed E-state index contributed by atoms with van der Waals surface area (Å²) >= 11 is 3.48. The molecule has 102 valence electrons. The van der Waals surface area contributed by atoms with Crippen LogP contribution in [0.25, 0.3) is 0 Å².